The third-order valence-corrected chi connectivity index (χ3v) is 5.99. The zero-order valence-electron chi connectivity index (χ0n) is 14.4. The first-order valence-corrected chi connectivity index (χ1v) is 9.67. The third kappa shape index (κ3) is 4.45. The molecule has 1 saturated carbocycles. The molecule has 4 atom stereocenters. The van der Waals surface area contributed by atoms with Crippen molar-refractivity contribution in [1.29, 1.82) is 0 Å². The lowest BCUT2D eigenvalue weighted by Gasteiger charge is -2.52. The molecule has 1 aliphatic carbocycles. The molecule has 2 N–H and O–H groups in total. The Kier molecular flexibility index (Phi) is 7.01. The van der Waals surface area contributed by atoms with Gasteiger partial charge < -0.3 is 10.4 Å². The Morgan fingerprint density at radius 1 is 0.952 bits per heavy atom. The van der Waals surface area contributed by atoms with E-state index in [-0.39, 0.29) is 11.6 Å². The van der Waals surface area contributed by atoms with Gasteiger partial charge in [-0.15, -0.1) is 0 Å². The molecule has 2 fully saturated rings. The number of unbranched alkanes of at least 4 members (excludes halogenated alkanes) is 3. The highest BCUT2D eigenvalue weighted by Gasteiger charge is 2.46. The molecule has 1 spiro atoms. The molecule has 0 radical (unpaired) electrons. The number of rotatable bonds is 7. The van der Waals surface area contributed by atoms with E-state index in [1.54, 1.807) is 0 Å². The second-order valence-electron chi connectivity index (χ2n) is 7.59. The number of piperidine rings is 1. The van der Waals surface area contributed by atoms with Crippen molar-refractivity contribution in [2.75, 3.05) is 0 Å². The monoisotopic (exact) mass is 295 g/mol. The van der Waals surface area contributed by atoms with E-state index in [2.05, 4.69) is 19.2 Å². The molecule has 2 aliphatic rings. The van der Waals surface area contributed by atoms with Gasteiger partial charge in [0.05, 0.1) is 6.10 Å². The lowest BCUT2D eigenvalue weighted by atomic mass is 9.64. The molecule has 1 saturated heterocycles. The van der Waals surface area contributed by atoms with Gasteiger partial charge in [0.2, 0.25) is 0 Å². The van der Waals surface area contributed by atoms with Gasteiger partial charge in [0, 0.05) is 17.5 Å². The minimum atomic E-state index is -0.0628. The summed E-state index contributed by atoms with van der Waals surface area (Å²) in [6, 6.07) is 0.708. The second-order valence-corrected chi connectivity index (χ2v) is 7.59. The topological polar surface area (TPSA) is 32.3 Å². The van der Waals surface area contributed by atoms with E-state index >= 15 is 0 Å². The Labute approximate surface area is 132 Å². The summed E-state index contributed by atoms with van der Waals surface area (Å²) in [5.41, 5.74) is 0.266. The van der Waals surface area contributed by atoms with Gasteiger partial charge in [-0.25, -0.2) is 0 Å². The molecule has 0 aromatic rings. The maximum absolute atomic E-state index is 10.6. The number of hydrogen-bond donors (Lipinski definition) is 2. The van der Waals surface area contributed by atoms with Gasteiger partial charge in [-0.05, 0) is 44.9 Å². The van der Waals surface area contributed by atoms with Gasteiger partial charge in [0.1, 0.15) is 0 Å². The number of aliphatic hydroxyl groups excluding tert-OH is 1. The average molecular weight is 296 g/mol. The Hall–Kier alpha value is -0.0800. The van der Waals surface area contributed by atoms with Crippen molar-refractivity contribution >= 4 is 0 Å². The molecule has 2 nitrogen and oxygen atoms in total. The molecule has 0 bridgehead atoms. The van der Waals surface area contributed by atoms with Gasteiger partial charge in [0.15, 0.2) is 0 Å². The van der Waals surface area contributed by atoms with Crippen molar-refractivity contribution in [3.63, 3.8) is 0 Å². The van der Waals surface area contributed by atoms with Crippen LogP contribution in [-0.2, 0) is 0 Å². The van der Waals surface area contributed by atoms with Crippen LogP contribution in [0, 0.1) is 5.92 Å². The molecule has 0 aromatic heterocycles. The Morgan fingerprint density at radius 3 is 2.38 bits per heavy atom. The van der Waals surface area contributed by atoms with Crippen LogP contribution in [0.5, 0.6) is 0 Å². The highest BCUT2D eigenvalue weighted by molar-refractivity contribution is 5.04. The normalized spacial score (nSPS) is 37.0. The SMILES string of the molecule is CCCCC[C@@H]1CCC[C@]2(CCC[C@@H](O)C2CCCC)N1. The third-order valence-electron chi connectivity index (χ3n) is 5.99. The van der Waals surface area contributed by atoms with Crippen molar-refractivity contribution in [3.8, 4) is 0 Å². The molecule has 2 rings (SSSR count). The number of nitrogens with one attached hydrogen (secondary N) is 1. The van der Waals surface area contributed by atoms with E-state index in [9.17, 15) is 5.11 Å². The van der Waals surface area contributed by atoms with Crippen molar-refractivity contribution in [1.82, 2.24) is 5.32 Å². The lowest BCUT2D eigenvalue weighted by molar-refractivity contribution is -0.0257. The number of hydrogen-bond acceptors (Lipinski definition) is 2. The van der Waals surface area contributed by atoms with Crippen LogP contribution in [0.2, 0.25) is 0 Å². The van der Waals surface area contributed by atoms with Crippen LogP contribution in [0.15, 0.2) is 0 Å². The zero-order valence-corrected chi connectivity index (χ0v) is 14.4. The van der Waals surface area contributed by atoms with E-state index in [0.29, 0.717) is 12.0 Å². The summed E-state index contributed by atoms with van der Waals surface area (Å²) >= 11 is 0. The molecular formula is C19H37NO. The van der Waals surface area contributed by atoms with Crippen LogP contribution in [-0.4, -0.2) is 22.8 Å². The van der Waals surface area contributed by atoms with Crippen molar-refractivity contribution in [3.05, 3.63) is 0 Å². The first-order valence-electron chi connectivity index (χ1n) is 9.67. The maximum Gasteiger partial charge on any atom is 0.0586 e. The maximum atomic E-state index is 10.6. The fraction of sp³-hybridized carbons (Fsp3) is 1.00. The van der Waals surface area contributed by atoms with Crippen molar-refractivity contribution < 1.29 is 5.11 Å². The zero-order chi connectivity index (χ0) is 15.1. The summed E-state index contributed by atoms with van der Waals surface area (Å²) in [7, 11) is 0. The van der Waals surface area contributed by atoms with Gasteiger partial charge >= 0.3 is 0 Å². The standard InChI is InChI=1S/C19H37NO/c1-3-5-7-10-16-11-8-14-19(20-16)15-9-13-18(21)17(19)12-6-4-2/h16-18,20-21H,3-15H2,1-2H3/t16-,17?,18-,19-/m1/s1. The minimum Gasteiger partial charge on any atom is -0.393 e. The highest BCUT2D eigenvalue weighted by atomic mass is 16.3. The van der Waals surface area contributed by atoms with Crippen LogP contribution in [0.4, 0.5) is 0 Å². The summed E-state index contributed by atoms with van der Waals surface area (Å²) in [6.07, 6.45) is 16.6. The summed E-state index contributed by atoms with van der Waals surface area (Å²) < 4.78 is 0. The molecule has 1 unspecified atom stereocenters. The van der Waals surface area contributed by atoms with Gasteiger partial charge in [0.25, 0.3) is 0 Å². The minimum absolute atomic E-state index is 0.0628. The first kappa shape index (κ1) is 17.3. The van der Waals surface area contributed by atoms with Gasteiger partial charge in [-0.2, -0.15) is 0 Å². The fourth-order valence-corrected chi connectivity index (χ4v) is 4.84. The van der Waals surface area contributed by atoms with Crippen LogP contribution >= 0.6 is 0 Å². The summed E-state index contributed by atoms with van der Waals surface area (Å²) in [5.74, 6) is 0.500. The van der Waals surface area contributed by atoms with Crippen LogP contribution in [0.25, 0.3) is 0 Å². The Balaban J connectivity index is 1.98. The molecule has 1 heterocycles. The van der Waals surface area contributed by atoms with Crippen LogP contribution in [0.3, 0.4) is 0 Å². The van der Waals surface area contributed by atoms with E-state index in [1.807, 2.05) is 0 Å². The van der Waals surface area contributed by atoms with Gasteiger partial charge in [-0.3, -0.25) is 0 Å². The van der Waals surface area contributed by atoms with E-state index in [0.717, 1.165) is 6.42 Å². The Bertz CT molecular complexity index is 289. The van der Waals surface area contributed by atoms with E-state index in [4.69, 9.17) is 0 Å². The predicted octanol–water partition coefficient (Wildman–Crippen LogP) is 4.80. The van der Waals surface area contributed by atoms with Crippen molar-refractivity contribution in [2.45, 2.75) is 115 Å². The summed E-state index contributed by atoms with van der Waals surface area (Å²) in [6.45, 7) is 4.55. The van der Waals surface area contributed by atoms with E-state index < -0.39 is 0 Å². The largest absolute Gasteiger partial charge is 0.393 e. The summed E-state index contributed by atoms with van der Waals surface area (Å²) in [5, 5.41) is 14.6. The molecule has 21 heavy (non-hydrogen) atoms. The highest BCUT2D eigenvalue weighted by Crippen LogP contribution is 2.43. The molecular weight excluding hydrogens is 258 g/mol. The lowest BCUT2D eigenvalue weighted by Crippen LogP contribution is -2.62. The van der Waals surface area contributed by atoms with E-state index in [1.165, 1.54) is 77.0 Å². The van der Waals surface area contributed by atoms with Crippen molar-refractivity contribution in [2.24, 2.45) is 5.92 Å². The van der Waals surface area contributed by atoms with Crippen LogP contribution in [0.1, 0.15) is 97.3 Å². The molecule has 2 heteroatoms. The van der Waals surface area contributed by atoms with Crippen LogP contribution < -0.4 is 5.32 Å². The summed E-state index contributed by atoms with van der Waals surface area (Å²) in [4.78, 5) is 0. The smallest absolute Gasteiger partial charge is 0.0586 e. The predicted molar refractivity (Wildman–Crippen MR) is 90.5 cm³/mol. The molecule has 1 aliphatic heterocycles. The first-order chi connectivity index (χ1) is 10.2. The molecule has 0 aromatic carbocycles. The molecule has 0 amide bonds. The fourth-order valence-electron chi connectivity index (χ4n) is 4.84. The average Bonchev–Trinajstić information content (AvgIpc) is 2.47. The number of aliphatic hydroxyl groups is 1. The molecule has 124 valence electrons. The second kappa shape index (κ2) is 8.53. The van der Waals surface area contributed by atoms with Gasteiger partial charge in [-0.1, -0.05) is 52.4 Å². The Morgan fingerprint density at radius 2 is 1.67 bits per heavy atom. The quantitative estimate of drug-likeness (QED) is 0.661.